The van der Waals surface area contributed by atoms with Gasteiger partial charge in [-0.1, -0.05) is 42.1 Å². The van der Waals surface area contributed by atoms with Crippen LogP contribution in [0.25, 0.3) is 11.5 Å². The molecule has 7 nitrogen and oxygen atoms in total. The lowest BCUT2D eigenvalue weighted by molar-refractivity contribution is -0.118. The summed E-state index contributed by atoms with van der Waals surface area (Å²) in [6, 6.07) is 17.5. The van der Waals surface area contributed by atoms with E-state index in [9.17, 15) is 9.59 Å². The number of nitrogens with one attached hydrogen (secondary N) is 1. The molecule has 166 valence electrons. The van der Waals surface area contributed by atoms with Gasteiger partial charge >= 0.3 is 0 Å². The average molecular weight is 452 g/mol. The molecule has 3 aromatic rings. The number of thioether (sulfide) groups is 1. The molecule has 0 bridgehead atoms. The van der Waals surface area contributed by atoms with Crippen molar-refractivity contribution in [2.24, 2.45) is 0 Å². The van der Waals surface area contributed by atoms with Crippen LogP contribution in [0.5, 0.6) is 5.75 Å². The number of imide groups is 1. The molecular formula is C24H25N3O4S. The molecule has 0 radical (unpaired) electrons. The molecule has 0 saturated carbocycles. The third-order valence-corrected chi connectivity index (χ3v) is 6.17. The van der Waals surface area contributed by atoms with Gasteiger partial charge in [-0.2, -0.15) is 0 Å². The van der Waals surface area contributed by atoms with Crippen LogP contribution < -0.4 is 10.1 Å². The van der Waals surface area contributed by atoms with E-state index in [1.165, 1.54) is 0 Å². The molecule has 1 aliphatic rings. The Morgan fingerprint density at radius 3 is 2.56 bits per heavy atom. The van der Waals surface area contributed by atoms with E-state index in [-0.39, 0.29) is 16.4 Å². The fourth-order valence-corrected chi connectivity index (χ4v) is 4.26. The molecule has 1 atom stereocenters. The van der Waals surface area contributed by atoms with Gasteiger partial charge < -0.3 is 9.15 Å². The zero-order chi connectivity index (χ0) is 22.5. The van der Waals surface area contributed by atoms with Crippen LogP contribution in [-0.4, -0.2) is 46.5 Å². The summed E-state index contributed by atoms with van der Waals surface area (Å²) in [6.07, 6.45) is 0.521. The van der Waals surface area contributed by atoms with E-state index < -0.39 is 0 Å². The lowest BCUT2D eigenvalue weighted by Gasteiger charge is -2.16. The van der Waals surface area contributed by atoms with E-state index in [4.69, 9.17) is 9.15 Å². The third kappa shape index (κ3) is 5.57. The Morgan fingerprint density at radius 2 is 1.88 bits per heavy atom. The summed E-state index contributed by atoms with van der Waals surface area (Å²) in [5.74, 6) is 2.01. The standard InChI is InChI=1S/C24H25N3O4S/c1-16-20(25-23(31-16)18-6-4-3-5-7-18)15-27(2)12-13-30-19-10-8-17(9-11-19)14-21-22(28)26-24(29)32-21/h3-11,21H,12-15H2,1-2H3,(H,26,28,29). The van der Waals surface area contributed by atoms with E-state index in [2.05, 4.69) is 15.2 Å². The Hall–Kier alpha value is -3.10. The van der Waals surface area contributed by atoms with Crippen LogP contribution >= 0.6 is 11.8 Å². The second-order valence-corrected chi connectivity index (χ2v) is 8.88. The highest BCUT2D eigenvalue weighted by Gasteiger charge is 2.31. The summed E-state index contributed by atoms with van der Waals surface area (Å²) in [4.78, 5) is 29.8. The molecule has 1 N–H and O–H groups in total. The smallest absolute Gasteiger partial charge is 0.286 e. The molecule has 1 aromatic heterocycles. The lowest BCUT2D eigenvalue weighted by atomic mass is 10.1. The molecule has 0 aliphatic carbocycles. The molecule has 4 rings (SSSR count). The maximum atomic E-state index is 11.7. The summed E-state index contributed by atoms with van der Waals surface area (Å²) >= 11 is 1.04. The monoisotopic (exact) mass is 451 g/mol. The van der Waals surface area contributed by atoms with Gasteiger partial charge in [-0.3, -0.25) is 19.8 Å². The van der Waals surface area contributed by atoms with E-state index in [1.807, 2.05) is 68.6 Å². The zero-order valence-electron chi connectivity index (χ0n) is 18.0. The molecule has 1 saturated heterocycles. The van der Waals surface area contributed by atoms with Crippen molar-refractivity contribution in [2.75, 3.05) is 20.2 Å². The van der Waals surface area contributed by atoms with Crippen LogP contribution in [0.1, 0.15) is 17.0 Å². The number of rotatable bonds is 9. The van der Waals surface area contributed by atoms with Crippen molar-refractivity contribution in [3.8, 4) is 17.2 Å². The van der Waals surface area contributed by atoms with Crippen molar-refractivity contribution in [3.05, 3.63) is 71.6 Å². The second kappa shape index (κ2) is 10.0. The number of hydrogen-bond acceptors (Lipinski definition) is 7. The number of oxazole rings is 1. The normalized spacial score (nSPS) is 15.9. The molecule has 32 heavy (non-hydrogen) atoms. The molecule has 1 fully saturated rings. The van der Waals surface area contributed by atoms with Gasteiger partial charge in [-0.05, 0) is 50.2 Å². The number of likely N-dealkylation sites (N-methyl/N-ethyl adjacent to an activating group) is 1. The SMILES string of the molecule is Cc1oc(-c2ccccc2)nc1CN(C)CCOc1ccc(CC2SC(=O)NC2=O)cc1. The van der Waals surface area contributed by atoms with Gasteiger partial charge in [0, 0.05) is 18.7 Å². The number of hydrogen-bond donors (Lipinski definition) is 1. The van der Waals surface area contributed by atoms with E-state index in [1.54, 1.807) is 0 Å². The minimum absolute atomic E-state index is 0.221. The van der Waals surface area contributed by atoms with Crippen molar-refractivity contribution >= 4 is 22.9 Å². The Morgan fingerprint density at radius 1 is 1.12 bits per heavy atom. The van der Waals surface area contributed by atoms with Crippen LogP contribution in [0, 0.1) is 6.92 Å². The van der Waals surface area contributed by atoms with E-state index in [0.717, 1.165) is 46.6 Å². The first-order valence-electron chi connectivity index (χ1n) is 10.4. The number of amides is 2. The first kappa shape index (κ1) is 22.1. The van der Waals surface area contributed by atoms with Crippen molar-refractivity contribution in [1.82, 2.24) is 15.2 Å². The van der Waals surface area contributed by atoms with Gasteiger partial charge in [0.25, 0.3) is 5.24 Å². The molecule has 0 spiro atoms. The topological polar surface area (TPSA) is 84.7 Å². The van der Waals surface area contributed by atoms with Crippen molar-refractivity contribution in [2.45, 2.75) is 25.1 Å². The first-order chi connectivity index (χ1) is 15.5. The zero-order valence-corrected chi connectivity index (χ0v) is 18.9. The first-order valence-corrected chi connectivity index (χ1v) is 11.3. The van der Waals surface area contributed by atoms with E-state index >= 15 is 0 Å². The van der Waals surface area contributed by atoms with Crippen LogP contribution in [0.4, 0.5) is 4.79 Å². The fraction of sp³-hybridized carbons (Fsp3) is 0.292. The minimum atomic E-state index is -0.356. The quantitative estimate of drug-likeness (QED) is 0.525. The lowest BCUT2D eigenvalue weighted by Crippen LogP contribution is -2.25. The second-order valence-electron chi connectivity index (χ2n) is 7.71. The maximum Gasteiger partial charge on any atom is 0.286 e. The van der Waals surface area contributed by atoms with Gasteiger partial charge in [0.15, 0.2) is 0 Å². The number of benzene rings is 2. The van der Waals surface area contributed by atoms with Crippen LogP contribution in [-0.2, 0) is 17.8 Å². The fourth-order valence-electron chi connectivity index (χ4n) is 3.40. The third-order valence-electron chi connectivity index (χ3n) is 5.19. The Bertz CT molecular complexity index is 1080. The average Bonchev–Trinajstić information content (AvgIpc) is 3.30. The van der Waals surface area contributed by atoms with Crippen molar-refractivity contribution < 1.29 is 18.7 Å². The van der Waals surface area contributed by atoms with Crippen LogP contribution in [0.2, 0.25) is 0 Å². The van der Waals surface area contributed by atoms with Gasteiger partial charge in [-0.25, -0.2) is 4.98 Å². The molecule has 2 heterocycles. The predicted octanol–water partition coefficient (Wildman–Crippen LogP) is 4.05. The number of aromatic nitrogens is 1. The highest BCUT2D eigenvalue weighted by atomic mass is 32.2. The number of nitrogens with zero attached hydrogens (tertiary/aromatic N) is 2. The summed E-state index contributed by atoms with van der Waals surface area (Å²) in [5, 5.41) is 1.68. The van der Waals surface area contributed by atoms with Crippen molar-refractivity contribution in [3.63, 3.8) is 0 Å². The molecule has 1 unspecified atom stereocenters. The summed E-state index contributed by atoms with van der Waals surface area (Å²) in [7, 11) is 2.02. The Kier molecular flexibility index (Phi) is 6.92. The Balaban J connectivity index is 1.24. The summed E-state index contributed by atoms with van der Waals surface area (Å²) in [5.41, 5.74) is 2.88. The Labute approximate surface area is 191 Å². The van der Waals surface area contributed by atoms with Gasteiger partial charge in [0.1, 0.15) is 18.1 Å². The molecular weight excluding hydrogens is 426 g/mol. The minimum Gasteiger partial charge on any atom is -0.492 e. The number of carbonyl (C=O) groups is 2. The van der Waals surface area contributed by atoms with Crippen LogP contribution in [0.15, 0.2) is 59.0 Å². The number of aryl methyl sites for hydroxylation is 1. The van der Waals surface area contributed by atoms with Gasteiger partial charge in [0.05, 0.1) is 10.9 Å². The number of ether oxygens (including phenoxy) is 1. The van der Waals surface area contributed by atoms with Gasteiger partial charge in [-0.15, -0.1) is 0 Å². The van der Waals surface area contributed by atoms with E-state index in [0.29, 0.717) is 25.5 Å². The number of carbonyl (C=O) groups excluding carboxylic acids is 2. The summed E-state index contributed by atoms with van der Waals surface area (Å²) in [6.45, 7) is 3.87. The highest BCUT2D eigenvalue weighted by Crippen LogP contribution is 2.24. The van der Waals surface area contributed by atoms with Crippen LogP contribution in [0.3, 0.4) is 0 Å². The highest BCUT2D eigenvalue weighted by molar-refractivity contribution is 8.15. The molecule has 8 heteroatoms. The van der Waals surface area contributed by atoms with Gasteiger partial charge in [0.2, 0.25) is 11.8 Å². The largest absolute Gasteiger partial charge is 0.492 e. The summed E-state index contributed by atoms with van der Waals surface area (Å²) < 4.78 is 11.7. The van der Waals surface area contributed by atoms with Crippen molar-refractivity contribution in [1.29, 1.82) is 0 Å². The predicted molar refractivity (Wildman–Crippen MR) is 124 cm³/mol. The molecule has 2 amide bonds. The molecule has 2 aromatic carbocycles. The molecule has 1 aliphatic heterocycles. The maximum absolute atomic E-state index is 11.7.